The summed E-state index contributed by atoms with van der Waals surface area (Å²) in [6.07, 6.45) is 3.36. The number of aromatic nitrogens is 2. The molecular formula is C12H12BrN3O. The van der Waals surface area contributed by atoms with Crippen LogP contribution in [0.2, 0.25) is 0 Å². The van der Waals surface area contributed by atoms with Crippen LogP contribution in [-0.4, -0.2) is 15.7 Å². The monoisotopic (exact) mass is 293 g/mol. The zero-order valence-electron chi connectivity index (χ0n) is 9.57. The van der Waals surface area contributed by atoms with Crippen molar-refractivity contribution in [3.05, 3.63) is 46.2 Å². The largest absolute Gasteiger partial charge is 0.319 e. The molecule has 1 amide bonds. The van der Waals surface area contributed by atoms with Gasteiger partial charge in [-0.25, -0.2) is 0 Å². The Bertz CT molecular complexity index is 563. The van der Waals surface area contributed by atoms with E-state index >= 15 is 0 Å². The van der Waals surface area contributed by atoms with Crippen LogP contribution in [0.1, 0.15) is 15.9 Å². The molecule has 0 fully saturated rings. The smallest absolute Gasteiger partial charge is 0.256 e. The Labute approximate surface area is 108 Å². The van der Waals surface area contributed by atoms with E-state index in [4.69, 9.17) is 0 Å². The number of carbonyl (C=O) groups excluding carboxylic acids is 1. The van der Waals surface area contributed by atoms with Crippen LogP contribution in [0.3, 0.4) is 0 Å². The molecule has 0 saturated heterocycles. The van der Waals surface area contributed by atoms with Gasteiger partial charge in [-0.15, -0.1) is 0 Å². The van der Waals surface area contributed by atoms with Crippen LogP contribution in [0, 0.1) is 6.92 Å². The second kappa shape index (κ2) is 4.71. The van der Waals surface area contributed by atoms with Gasteiger partial charge in [0, 0.05) is 17.7 Å². The Morgan fingerprint density at radius 3 is 2.88 bits per heavy atom. The van der Waals surface area contributed by atoms with E-state index in [1.807, 2.05) is 25.1 Å². The molecule has 4 nitrogen and oxygen atoms in total. The second-order valence-electron chi connectivity index (χ2n) is 3.84. The average Bonchev–Trinajstić information content (AvgIpc) is 2.67. The number of benzene rings is 1. The van der Waals surface area contributed by atoms with E-state index in [-0.39, 0.29) is 5.91 Å². The Balaban J connectivity index is 2.22. The molecule has 2 aromatic rings. The third kappa shape index (κ3) is 2.74. The SMILES string of the molecule is Cc1ccc(Br)c(C(=O)Nc2cnn(C)c2)c1. The lowest BCUT2D eigenvalue weighted by Gasteiger charge is -2.05. The molecule has 0 bridgehead atoms. The number of hydrogen-bond donors (Lipinski definition) is 1. The maximum Gasteiger partial charge on any atom is 0.256 e. The molecule has 0 saturated carbocycles. The molecule has 2 rings (SSSR count). The molecule has 1 aromatic heterocycles. The first-order chi connectivity index (χ1) is 8.06. The first-order valence-corrected chi connectivity index (χ1v) is 5.92. The number of carbonyl (C=O) groups is 1. The second-order valence-corrected chi connectivity index (χ2v) is 4.69. The van der Waals surface area contributed by atoms with Crippen LogP contribution in [-0.2, 0) is 7.05 Å². The van der Waals surface area contributed by atoms with E-state index in [1.54, 1.807) is 24.1 Å². The number of hydrogen-bond acceptors (Lipinski definition) is 2. The molecule has 0 aliphatic rings. The topological polar surface area (TPSA) is 46.9 Å². The standard InChI is InChI=1S/C12H12BrN3O/c1-8-3-4-11(13)10(5-8)12(17)15-9-6-14-16(2)7-9/h3-7H,1-2H3,(H,15,17). The van der Waals surface area contributed by atoms with Crippen molar-refractivity contribution < 1.29 is 4.79 Å². The van der Waals surface area contributed by atoms with Gasteiger partial charge in [-0.05, 0) is 35.0 Å². The molecule has 88 valence electrons. The van der Waals surface area contributed by atoms with E-state index in [0.717, 1.165) is 10.0 Å². The van der Waals surface area contributed by atoms with E-state index in [0.29, 0.717) is 11.3 Å². The molecule has 1 heterocycles. The summed E-state index contributed by atoms with van der Waals surface area (Å²) in [7, 11) is 1.80. The first-order valence-electron chi connectivity index (χ1n) is 5.12. The highest BCUT2D eigenvalue weighted by atomic mass is 79.9. The van der Waals surface area contributed by atoms with Crippen molar-refractivity contribution in [2.24, 2.45) is 7.05 Å². The molecule has 0 aliphatic heterocycles. The van der Waals surface area contributed by atoms with Crippen LogP contribution < -0.4 is 5.32 Å². The summed E-state index contributed by atoms with van der Waals surface area (Å²) >= 11 is 3.37. The molecule has 17 heavy (non-hydrogen) atoms. The maximum atomic E-state index is 12.0. The fourth-order valence-corrected chi connectivity index (χ4v) is 1.92. The third-order valence-corrected chi connectivity index (χ3v) is 3.02. The summed E-state index contributed by atoms with van der Waals surface area (Å²) in [6.45, 7) is 1.95. The lowest BCUT2D eigenvalue weighted by molar-refractivity contribution is 0.102. The quantitative estimate of drug-likeness (QED) is 0.925. The zero-order chi connectivity index (χ0) is 12.4. The van der Waals surface area contributed by atoms with Crippen LogP contribution in [0.15, 0.2) is 35.1 Å². The highest BCUT2D eigenvalue weighted by molar-refractivity contribution is 9.10. The van der Waals surface area contributed by atoms with E-state index in [2.05, 4.69) is 26.3 Å². The van der Waals surface area contributed by atoms with Gasteiger partial charge in [0.15, 0.2) is 0 Å². The van der Waals surface area contributed by atoms with Gasteiger partial charge in [0.05, 0.1) is 17.4 Å². The van der Waals surface area contributed by atoms with Gasteiger partial charge in [-0.1, -0.05) is 11.6 Å². The molecular weight excluding hydrogens is 282 g/mol. The molecule has 0 spiro atoms. The van der Waals surface area contributed by atoms with Crippen LogP contribution in [0.25, 0.3) is 0 Å². The van der Waals surface area contributed by atoms with Gasteiger partial charge in [0.25, 0.3) is 5.91 Å². The van der Waals surface area contributed by atoms with Crippen LogP contribution in [0.5, 0.6) is 0 Å². The van der Waals surface area contributed by atoms with Gasteiger partial charge in [-0.2, -0.15) is 5.10 Å². The van der Waals surface area contributed by atoms with E-state index in [1.165, 1.54) is 0 Å². The zero-order valence-corrected chi connectivity index (χ0v) is 11.2. The van der Waals surface area contributed by atoms with Crippen molar-refractivity contribution in [1.29, 1.82) is 0 Å². The molecule has 0 aliphatic carbocycles. The molecule has 0 unspecified atom stereocenters. The number of anilines is 1. The summed E-state index contributed by atoms with van der Waals surface area (Å²) < 4.78 is 2.42. The number of nitrogens with one attached hydrogen (secondary N) is 1. The fraction of sp³-hybridized carbons (Fsp3) is 0.167. The van der Waals surface area contributed by atoms with Crippen molar-refractivity contribution in [1.82, 2.24) is 9.78 Å². The molecule has 0 atom stereocenters. The first kappa shape index (κ1) is 11.9. The predicted octanol–water partition coefficient (Wildman–Crippen LogP) is 2.74. The number of halogens is 1. The Hall–Kier alpha value is -1.62. The lowest BCUT2D eigenvalue weighted by atomic mass is 10.1. The number of nitrogens with zero attached hydrogens (tertiary/aromatic N) is 2. The Kier molecular flexibility index (Phi) is 3.28. The predicted molar refractivity (Wildman–Crippen MR) is 70.0 cm³/mol. The molecule has 1 N–H and O–H groups in total. The summed E-state index contributed by atoms with van der Waals surface area (Å²) in [5, 5.41) is 6.79. The van der Waals surface area contributed by atoms with E-state index in [9.17, 15) is 4.79 Å². The Morgan fingerprint density at radius 1 is 1.47 bits per heavy atom. The molecule has 1 aromatic carbocycles. The van der Waals surface area contributed by atoms with Gasteiger partial charge >= 0.3 is 0 Å². The maximum absolute atomic E-state index is 12.0. The normalized spacial score (nSPS) is 10.3. The summed E-state index contributed by atoms with van der Waals surface area (Å²) in [6, 6.07) is 5.66. The summed E-state index contributed by atoms with van der Waals surface area (Å²) in [5.41, 5.74) is 2.35. The van der Waals surface area contributed by atoms with Crippen molar-refractivity contribution in [3.63, 3.8) is 0 Å². The number of amides is 1. The van der Waals surface area contributed by atoms with Crippen molar-refractivity contribution >= 4 is 27.5 Å². The fourth-order valence-electron chi connectivity index (χ4n) is 1.50. The minimum absolute atomic E-state index is 0.145. The van der Waals surface area contributed by atoms with Crippen molar-refractivity contribution in [3.8, 4) is 0 Å². The van der Waals surface area contributed by atoms with Gasteiger partial charge < -0.3 is 5.32 Å². The number of aryl methyl sites for hydroxylation is 2. The van der Waals surface area contributed by atoms with Crippen LogP contribution in [0.4, 0.5) is 5.69 Å². The van der Waals surface area contributed by atoms with Crippen LogP contribution >= 0.6 is 15.9 Å². The minimum Gasteiger partial charge on any atom is -0.319 e. The molecule has 0 radical (unpaired) electrons. The summed E-state index contributed by atoms with van der Waals surface area (Å²) in [5.74, 6) is -0.145. The highest BCUT2D eigenvalue weighted by Crippen LogP contribution is 2.19. The van der Waals surface area contributed by atoms with Crippen molar-refractivity contribution in [2.45, 2.75) is 6.92 Å². The van der Waals surface area contributed by atoms with Gasteiger partial charge in [0.1, 0.15) is 0 Å². The van der Waals surface area contributed by atoms with E-state index < -0.39 is 0 Å². The highest BCUT2D eigenvalue weighted by Gasteiger charge is 2.11. The van der Waals surface area contributed by atoms with Gasteiger partial charge in [-0.3, -0.25) is 9.48 Å². The number of rotatable bonds is 2. The average molecular weight is 294 g/mol. The minimum atomic E-state index is -0.145. The molecule has 5 heteroatoms. The summed E-state index contributed by atoms with van der Waals surface area (Å²) in [4.78, 5) is 12.0. The van der Waals surface area contributed by atoms with Gasteiger partial charge in [0.2, 0.25) is 0 Å². The Morgan fingerprint density at radius 2 is 2.24 bits per heavy atom. The van der Waals surface area contributed by atoms with Crippen molar-refractivity contribution in [2.75, 3.05) is 5.32 Å². The third-order valence-electron chi connectivity index (χ3n) is 2.33. The lowest BCUT2D eigenvalue weighted by Crippen LogP contribution is -2.12.